The van der Waals surface area contributed by atoms with E-state index in [-0.39, 0.29) is 18.3 Å². The standard InChI is InChI=1S/C25H32N2O3/c1-3-24(28)19-13-15-22(16-14-19)30-18-25(29)26-23-12-8-7-9-20(23)17-27(2)21-10-5-4-6-11-21/h7-9,12-16,21H,3-6,10-11,17-18H2,1-2H3,(H,26,29). The number of hydrogen-bond acceptors (Lipinski definition) is 4. The SMILES string of the molecule is CCC(=O)c1ccc(OCC(=O)Nc2ccccc2CN(C)C2CCCCC2)cc1. The van der Waals surface area contributed by atoms with Gasteiger partial charge in [-0.25, -0.2) is 0 Å². The average Bonchev–Trinajstić information content (AvgIpc) is 2.79. The Balaban J connectivity index is 1.54. The lowest BCUT2D eigenvalue weighted by molar-refractivity contribution is -0.118. The Morgan fingerprint density at radius 1 is 1.03 bits per heavy atom. The summed E-state index contributed by atoms with van der Waals surface area (Å²) in [6, 6.07) is 15.5. The molecule has 1 fully saturated rings. The zero-order valence-electron chi connectivity index (χ0n) is 18.0. The second-order valence-corrected chi connectivity index (χ2v) is 8.00. The highest BCUT2D eigenvalue weighted by molar-refractivity contribution is 5.96. The molecule has 0 spiro atoms. The van der Waals surface area contributed by atoms with Crippen molar-refractivity contribution in [1.29, 1.82) is 0 Å². The largest absolute Gasteiger partial charge is 0.484 e. The Kier molecular flexibility index (Phi) is 8.03. The number of hydrogen-bond donors (Lipinski definition) is 1. The van der Waals surface area contributed by atoms with Gasteiger partial charge in [0.15, 0.2) is 12.4 Å². The molecule has 3 rings (SSSR count). The molecule has 2 aromatic carbocycles. The van der Waals surface area contributed by atoms with Gasteiger partial charge in [0.1, 0.15) is 5.75 Å². The van der Waals surface area contributed by atoms with Crippen LogP contribution in [0.15, 0.2) is 48.5 Å². The maximum Gasteiger partial charge on any atom is 0.262 e. The lowest BCUT2D eigenvalue weighted by atomic mass is 9.94. The third-order valence-corrected chi connectivity index (χ3v) is 5.78. The molecule has 0 atom stereocenters. The molecule has 1 amide bonds. The van der Waals surface area contributed by atoms with Crippen LogP contribution in [0, 0.1) is 0 Å². The quantitative estimate of drug-likeness (QED) is 0.589. The molecule has 0 bridgehead atoms. The summed E-state index contributed by atoms with van der Waals surface area (Å²) in [7, 11) is 2.17. The van der Waals surface area contributed by atoms with Gasteiger partial charge >= 0.3 is 0 Å². The summed E-state index contributed by atoms with van der Waals surface area (Å²) in [6.07, 6.45) is 6.92. The number of anilines is 1. The smallest absolute Gasteiger partial charge is 0.262 e. The van der Waals surface area contributed by atoms with Crippen LogP contribution >= 0.6 is 0 Å². The summed E-state index contributed by atoms with van der Waals surface area (Å²) in [4.78, 5) is 26.5. The molecule has 0 radical (unpaired) electrons. The predicted octanol–water partition coefficient (Wildman–Crippen LogP) is 5.06. The normalized spacial score (nSPS) is 14.5. The number of carbonyl (C=O) groups excluding carboxylic acids is 2. The van der Waals surface area contributed by atoms with Crippen LogP contribution in [0.4, 0.5) is 5.69 Å². The van der Waals surface area contributed by atoms with Gasteiger partial charge in [-0.15, -0.1) is 0 Å². The summed E-state index contributed by atoms with van der Waals surface area (Å²) >= 11 is 0. The predicted molar refractivity (Wildman–Crippen MR) is 120 cm³/mol. The number of benzene rings is 2. The number of Topliss-reactive ketones (excluding diaryl/α,β-unsaturated/α-hetero) is 1. The first-order valence-corrected chi connectivity index (χ1v) is 10.9. The second-order valence-electron chi connectivity index (χ2n) is 8.00. The van der Waals surface area contributed by atoms with Gasteiger partial charge in [0.2, 0.25) is 0 Å². The van der Waals surface area contributed by atoms with Crippen LogP contribution < -0.4 is 10.1 Å². The van der Waals surface area contributed by atoms with Gasteiger partial charge in [0, 0.05) is 30.3 Å². The highest BCUT2D eigenvalue weighted by Gasteiger charge is 2.19. The van der Waals surface area contributed by atoms with Crippen molar-refractivity contribution in [3.05, 3.63) is 59.7 Å². The lowest BCUT2D eigenvalue weighted by Crippen LogP contribution is -2.33. The Labute approximate surface area is 179 Å². The maximum absolute atomic E-state index is 12.4. The van der Waals surface area contributed by atoms with Crippen LogP contribution in [-0.4, -0.2) is 36.3 Å². The van der Waals surface area contributed by atoms with E-state index in [1.807, 2.05) is 25.1 Å². The molecular weight excluding hydrogens is 376 g/mol. The van der Waals surface area contributed by atoms with Crippen molar-refractivity contribution in [1.82, 2.24) is 4.90 Å². The van der Waals surface area contributed by atoms with E-state index in [0.717, 1.165) is 17.8 Å². The van der Waals surface area contributed by atoms with Crippen LogP contribution in [0.1, 0.15) is 61.4 Å². The monoisotopic (exact) mass is 408 g/mol. The van der Waals surface area contributed by atoms with E-state index in [9.17, 15) is 9.59 Å². The fourth-order valence-electron chi connectivity index (χ4n) is 3.98. The molecule has 1 aliphatic rings. The number of carbonyl (C=O) groups is 2. The number of ketones is 1. The molecule has 0 aromatic heterocycles. The van der Waals surface area contributed by atoms with E-state index in [0.29, 0.717) is 23.8 Å². The molecule has 160 valence electrons. The first-order valence-electron chi connectivity index (χ1n) is 10.9. The highest BCUT2D eigenvalue weighted by Crippen LogP contribution is 2.25. The molecule has 1 aliphatic carbocycles. The summed E-state index contributed by atoms with van der Waals surface area (Å²) in [5.41, 5.74) is 2.60. The molecule has 5 nitrogen and oxygen atoms in total. The Bertz CT molecular complexity index is 842. The third-order valence-electron chi connectivity index (χ3n) is 5.78. The Morgan fingerprint density at radius 2 is 1.73 bits per heavy atom. The molecule has 30 heavy (non-hydrogen) atoms. The van der Waals surface area contributed by atoms with E-state index in [1.54, 1.807) is 24.3 Å². The van der Waals surface area contributed by atoms with E-state index < -0.39 is 0 Å². The summed E-state index contributed by atoms with van der Waals surface area (Å²) in [6.45, 7) is 2.57. The van der Waals surface area contributed by atoms with Crippen molar-refractivity contribution in [2.24, 2.45) is 0 Å². The van der Waals surface area contributed by atoms with Gasteiger partial charge in [-0.3, -0.25) is 14.5 Å². The number of amides is 1. The fraction of sp³-hybridized carbons (Fsp3) is 0.440. The van der Waals surface area contributed by atoms with Crippen molar-refractivity contribution in [3.63, 3.8) is 0 Å². The molecule has 0 unspecified atom stereocenters. The first-order chi connectivity index (χ1) is 14.6. The van der Waals surface area contributed by atoms with Crippen LogP contribution in [-0.2, 0) is 11.3 Å². The Morgan fingerprint density at radius 3 is 2.43 bits per heavy atom. The van der Waals surface area contributed by atoms with E-state index >= 15 is 0 Å². The third kappa shape index (κ3) is 6.17. The summed E-state index contributed by atoms with van der Waals surface area (Å²) in [5, 5.41) is 2.98. The minimum absolute atomic E-state index is 0.0755. The molecule has 1 saturated carbocycles. The molecule has 0 aliphatic heterocycles. The van der Waals surface area contributed by atoms with Crippen LogP contribution in [0.2, 0.25) is 0 Å². The molecule has 5 heteroatoms. The molecule has 0 heterocycles. The van der Waals surface area contributed by atoms with Gasteiger partial charge in [-0.1, -0.05) is 44.4 Å². The van der Waals surface area contributed by atoms with Gasteiger partial charge < -0.3 is 10.1 Å². The number of ether oxygens (including phenoxy) is 1. The first kappa shape index (κ1) is 22.0. The topological polar surface area (TPSA) is 58.6 Å². The van der Waals surface area contributed by atoms with Crippen molar-refractivity contribution in [2.75, 3.05) is 19.0 Å². The minimum atomic E-state index is -0.198. The van der Waals surface area contributed by atoms with Crippen molar-refractivity contribution in [3.8, 4) is 5.75 Å². The molecule has 2 aromatic rings. The van der Waals surface area contributed by atoms with Crippen LogP contribution in [0.25, 0.3) is 0 Å². The zero-order chi connectivity index (χ0) is 21.3. The van der Waals surface area contributed by atoms with E-state index in [1.165, 1.54) is 32.1 Å². The second kappa shape index (κ2) is 10.9. The van der Waals surface area contributed by atoms with Gasteiger partial charge in [-0.05, 0) is 55.8 Å². The van der Waals surface area contributed by atoms with Gasteiger partial charge in [-0.2, -0.15) is 0 Å². The Hall–Kier alpha value is -2.66. The number of nitrogens with one attached hydrogen (secondary N) is 1. The highest BCUT2D eigenvalue weighted by atomic mass is 16.5. The van der Waals surface area contributed by atoms with Crippen molar-refractivity contribution < 1.29 is 14.3 Å². The number of nitrogens with zero attached hydrogens (tertiary/aromatic N) is 1. The number of rotatable bonds is 9. The average molecular weight is 409 g/mol. The number of para-hydroxylation sites is 1. The van der Waals surface area contributed by atoms with Crippen LogP contribution in [0.5, 0.6) is 5.75 Å². The summed E-state index contributed by atoms with van der Waals surface area (Å²) in [5.74, 6) is 0.466. The zero-order valence-corrected chi connectivity index (χ0v) is 18.0. The van der Waals surface area contributed by atoms with E-state index in [4.69, 9.17) is 4.74 Å². The summed E-state index contributed by atoms with van der Waals surface area (Å²) < 4.78 is 5.59. The lowest BCUT2D eigenvalue weighted by Gasteiger charge is -2.31. The molecular formula is C25H32N2O3. The van der Waals surface area contributed by atoms with Gasteiger partial charge in [0.25, 0.3) is 5.91 Å². The molecule has 1 N–H and O–H groups in total. The fourth-order valence-corrected chi connectivity index (χ4v) is 3.98. The minimum Gasteiger partial charge on any atom is -0.484 e. The molecule has 0 saturated heterocycles. The van der Waals surface area contributed by atoms with Gasteiger partial charge in [0.05, 0.1) is 0 Å². The van der Waals surface area contributed by atoms with Crippen LogP contribution in [0.3, 0.4) is 0 Å². The van der Waals surface area contributed by atoms with E-state index in [2.05, 4.69) is 23.3 Å². The van der Waals surface area contributed by atoms with Crippen molar-refractivity contribution in [2.45, 2.75) is 58.0 Å². The maximum atomic E-state index is 12.4. The van der Waals surface area contributed by atoms with Crippen molar-refractivity contribution >= 4 is 17.4 Å².